The van der Waals surface area contributed by atoms with Crippen LogP contribution in [0.1, 0.15) is 23.6 Å². The van der Waals surface area contributed by atoms with Gasteiger partial charge in [0.25, 0.3) is 0 Å². The van der Waals surface area contributed by atoms with E-state index < -0.39 is 0 Å². The molecule has 0 heterocycles. The molecule has 0 spiro atoms. The number of carbonyl (C=O) groups excluding carboxylic acids is 1. The van der Waals surface area contributed by atoms with Gasteiger partial charge in [-0.3, -0.25) is 4.79 Å². The molecule has 0 unspecified atom stereocenters. The highest BCUT2D eigenvalue weighted by atomic mass is 16.5. The van der Waals surface area contributed by atoms with Crippen LogP contribution in [0, 0.1) is 6.92 Å². The van der Waals surface area contributed by atoms with Crippen LogP contribution in [0.5, 0.6) is 0 Å². The lowest BCUT2D eigenvalue weighted by Crippen LogP contribution is -2.05. The Kier molecular flexibility index (Phi) is 5.33. The van der Waals surface area contributed by atoms with Crippen LogP contribution in [0.4, 0.5) is 0 Å². The third kappa shape index (κ3) is 5.27. The molecule has 0 aliphatic heterocycles. The highest BCUT2D eigenvalue weighted by molar-refractivity contribution is 5.66. The first-order valence-electron chi connectivity index (χ1n) is 7.07. The third-order valence-corrected chi connectivity index (χ3v) is 3.18. The predicted octanol–water partition coefficient (Wildman–Crippen LogP) is 4.18. The molecule has 0 radical (unpaired) electrons. The number of ether oxygens (including phenoxy) is 1. The molecule has 0 aromatic heterocycles. The highest BCUT2D eigenvalue weighted by Crippen LogP contribution is 2.14. The molecule has 0 fully saturated rings. The quantitative estimate of drug-likeness (QED) is 0.768. The summed E-state index contributed by atoms with van der Waals surface area (Å²) in [6.07, 6.45) is 2.87. The van der Waals surface area contributed by atoms with Crippen molar-refractivity contribution < 1.29 is 9.53 Å². The summed E-state index contributed by atoms with van der Waals surface area (Å²) >= 11 is 0. The maximum absolute atomic E-state index is 11.0. The molecule has 0 aliphatic rings. The van der Waals surface area contributed by atoms with E-state index in [1.165, 1.54) is 18.1 Å². The molecule has 0 N–H and O–H groups in total. The molecular formula is C19H20O2. The van der Waals surface area contributed by atoms with E-state index in [9.17, 15) is 4.79 Å². The smallest absolute Gasteiger partial charge is 0.302 e. The number of hydrogen-bond acceptors (Lipinski definition) is 2. The Morgan fingerprint density at radius 1 is 1.05 bits per heavy atom. The van der Waals surface area contributed by atoms with Crippen molar-refractivity contribution in [3.63, 3.8) is 0 Å². The van der Waals surface area contributed by atoms with Crippen molar-refractivity contribution in [1.82, 2.24) is 0 Å². The molecule has 0 saturated heterocycles. The van der Waals surface area contributed by atoms with Crippen molar-refractivity contribution in [3.05, 3.63) is 76.9 Å². The molecule has 0 bridgehead atoms. The zero-order valence-corrected chi connectivity index (χ0v) is 12.5. The Morgan fingerprint density at radius 2 is 1.71 bits per heavy atom. The Balaban J connectivity index is 2.18. The molecule has 2 rings (SSSR count). The first-order valence-corrected chi connectivity index (χ1v) is 7.07. The van der Waals surface area contributed by atoms with E-state index in [1.54, 1.807) is 0 Å². The van der Waals surface area contributed by atoms with Gasteiger partial charge in [0.15, 0.2) is 0 Å². The lowest BCUT2D eigenvalue weighted by atomic mass is 10.0. The van der Waals surface area contributed by atoms with Gasteiger partial charge in [0.05, 0.1) is 0 Å². The summed E-state index contributed by atoms with van der Waals surface area (Å²) in [6.45, 7) is 3.83. The van der Waals surface area contributed by atoms with Crippen LogP contribution < -0.4 is 0 Å². The van der Waals surface area contributed by atoms with Crippen molar-refractivity contribution in [2.45, 2.75) is 20.3 Å². The fourth-order valence-electron chi connectivity index (χ4n) is 2.09. The highest BCUT2D eigenvalue weighted by Gasteiger charge is 2.03. The van der Waals surface area contributed by atoms with Crippen LogP contribution in [0.3, 0.4) is 0 Å². The summed E-state index contributed by atoms with van der Waals surface area (Å²) < 4.78 is 5.16. The maximum atomic E-state index is 11.0. The number of aryl methyl sites for hydroxylation is 1. The van der Waals surface area contributed by atoms with Gasteiger partial charge >= 0.3 is 5.97 Å². The second-order valence-corrected chi connectivity index (χ2v) is 5.16. The van der Waals surface area contributed by atoms with Crippen molar-refractivity contribution >= 4 is 12.0 Å². The minimum absolute atomic E-state index is 0.252. The fraction of sp³-hybridized carbons (Fsp3) is 0.211. The predicted molar refractivity (Wildman–Crippen MR) is 85.9 cm³/mol. The standard InChI is InChI=1S/C19H20O2/c1-15-8-10-18(11-9-15)13-19(14-21-16(2)20)12-17-6-4-3-5-7-17/h3-11,13H,12,14H2,1-2H3/b19-13-. The molecule has 0 amide bonds. The minimum atomic E-state index is -0.252. The summed E-state index contributed by atoms with van der Waals surface area (Å²) in [5.41, 5.74) is 4.65. The molecule has 108 valence electrons. The van der Waals surface area contributed by atoms with Crippen molar-refractivity contribution in [2.24, 2.45) is 0 Å². The Labute approximate surface area is 126 Å². The van der Waals surface area contributed by atoms with Crippen molar-refractivity contribution in [1.29, 1.82) is 0 Å². The average Bonchev–Trinajstić information content (AvgIpc) is 2.48. The monoisotopic (exact) mass is 280 g/mol. The topological polar surface area (TPSA) is 26.3 Å². The van der Waals surface area contributed by atoms with Crippen LogP contribution in [-0.2, 0) is 16.0 Å². The number of hydrogen-bond donors (Lipinski definition) is 0. The zero-order valence-electron chi connectivity index (χ0n) is 12.5. The molecule has 2 heteroatoms. The van der Waals surface area contributed by atoms with E-state index >= 15 is 0 Å². The Morgan fingerprint density at radius 3 is 2.33 bits per heavy atom. The Bertz CT molecular complexity index is 610. The normalized spacial score (nSPS) is 11.2. The first kappa shape index (κ1) is 15.0. The van der Waals surface area contributed by atoms with Crippen LogP contribution in [0.2, 0.25) is 0 Å². The van der Waals surface area contributed by atoms with Gasteiger partial charge in [-0.25, -0.2) is 0 Å². The molecule has 0 atom stereocenters. The van der Waals surface area contributed by atoms with Gasteiger partial charge in [-0.2, -0.15) is 0 Å². The van der Waals surface area contributed by atoms with Gasteiger partial charge in [-0.1, -0.05) is 66.2 Å². The number of benzene rings is 2. The van der Waals surface area contributed by atoms with Crippen molar-refractivity contribution in [2.75, 3.05) is 6.61 Å². The van der Waals surface area contributed by atoms with Crippen LogP contribution in [0.15, 0.2) is 60.2 Å². The largest absolute Gasteiger partial charge is 0.461 e. The summed E-state index contributed by atoms with van der Waals surface area (Å²) in [4.78, 5) is 11.0. The van der Waals surface area contributed by atoms with Gasteiger partial charge in [0, 0.05) is 6.92 Å². The van der Waals surface area contributed by atoms with Gasteiger partial charge in [-0.05, 0) is 30.0 Å². The van der Waals surface area contributed by atoms with Crippen LogP contribution in [-0.4, -0.2) is 12.6 Å². The average molecular weight is 280 g/mol. The maximum Gasteiger partial charge on any atom is 0.302 e. The summed E-state index contributed by atoms with van der Waals surface area (Å²) in [7, 11) is 0. The van der Waals surface area contributed by atoms with E-state index in [1.807, 2.05) is 18.2 Å². The van der Waals surface area contributed by atoms with E-state index in [0.29, 0.717) is 6.61 Å². The summed E-state index contributed by atoms with van der Waals surface area (Å²) in [5.74, 6) is -0.252. The molecule has 0 saturated carbocycles. The minimum Gasteiger partial charge on any atom is -0.461 e. The van der Waals surface area contributed by atoms with Crippen molar-refractivity contribution in [3.8, 4) is 0 Å². The van der Waals surface area contributed by atoms with E-state index in [2.05, 4.69) is 49.4 Å². The molecule has 21 heavy (non-hydrogen) atoms. The summed E-state index contributed by atoms with van der Waals surface area (Å²) in [5, 5.41) is 0. The molecule has 2 aromatic rings. The molecule has 0 aliphatic carbocycles. The lowest BCUT2D eigenvalue weighted by Gasteiger charge is -2.09. The van der Waals surface area contributed by atoms with E-state index in [0.717, 1.165) is 17.6 Å². The Hall–Kier alpha value is -2.35. The third-order valence-electron chi connectivity index (χ3n) is 3.18. The molecule has 2 aromatic carbocycles. The van der Waals surface area contributed by atoms with Gasteiger partial charge in [0.2, 0.25) is 0 Å². The lowest BCUT2D eigenvalue weighted by molar-refractivity contribution is -0.139. The SMILES string of the molecule is CC(=O)OC/C(=C\c1ccc(C)cc1)Cc1ccccc1. The first-order chi connectivity index (χ1) is 10.1. The molecule has 2 nitrogen and oxygen atoms in total. The van der Waals surface area contributed by atoms with Gasteiger partial charge < -0.3 is 4.74 Å². The van der Waals surface area contributed by atoms with Gasteiger partial charge in [0.1, 0.15) is 6.61 Å². The molecular weight excluding hydrogens is 260 g/mol. The number of rotatable bonds is 5. The van der Waals surface area contributed by atoms with Gasteiger partial charge in [-0.15, -0.1) is 0 Å². The number of carbonyl (C=O) groups is 1. The number of esters is 1. The second kappa shape index (κ2) is 7.44. The van der Waals surface area contributed by atoms with E-state index in [-0.39, 0.29) is 5.97 Å². The van der Waals surface area contributed by atoms with Crippen LogP contribution >= 0.6 is 0 Å². The van der Waals surface area contributed by atoms with E-state index in [4.69, 9.17) is 4.74 Å². The zero-order chi connectivity index (χ0) is 15.1. The summed E-state index contributed by atoms with van der Waals surface area (Å²) in [6, 6.07) is 18.5. The fourth-order valence-corrected chi connectivity index (χ4v) is 2.09. The second-order valence-electron chi connectivity index (χ2n) is 5.16. The van der Waals surface area contributed by atoms with Crippen LogP contribution in [0.25, 0.3) is 6.08 Å².